The highest BCUT2D eigenvalue weighted by Gasteiger charge is 2.41. The molecule has 4 aromatic rings. The average molecular weight is 443 g/mol. The third kappa shape index (κ3) is 3.60. The van der Waals surface area contributed by atoms with Crippen LogP contribution < -0.4 is 5.32 Å². The number of furan rings is 1. The Morgan fingerprint density at radius 2 is 1.84 bits per heavy atom. The van der Waals surface area contributed by atoms with Crippen LogP contribution in [0.3, 0.4) is 0 Å². The molecule has 5 nitrogen and oxygen atoms in total. The molecule has 32 heavy (non-hydrogen) atoms. The molecule has 6 heteroatoms. The highest BCUT2D eigenvalue weighted by atomic mass is 32.1. The van der Waals surface area contributed by atoms with E-state index in [1.165, 1.54) is 22.5 Å². The summed E-state index contributed by atoms with van der Waals surface area (Å²) >= 11 is 5.80. The minimum absolute atomic E-state index is 0.00658. The molecule has 5 rings (SSSR count). The quantitative estimate of drug-likeness (QED) is 0.410. The van der Waals surface area contributed by atoms with Gasteiger partial charge in [0.1, 0.15) is 5.76 Å². The Hall–Kier alpha value is -3.38. The van der Waals surface area contributed by atoms with Crippen molar-refractivity contribution in [3.63, 3.8) is 0 Å². The van der Waals surface area contributed by atoms with Gasteiger partial charge in [0.05, 0.1) is 30.6 Å². The molecule has 1 aliphatic rings. The van der Waals surface area contributed by atoms with Gasteiger partial charge < -0.3 is 19.2 Å². The lowest BCUT2D eigenvalue weighted by molar-refractivity contribution is 0.286. The van der Waals surface area contributed by atoms with Crippen molar-refractivity contribution in [2.45, 2.75) is 39.4 Å². The normalized spacial score (nSPS) is 18.2. The lowest BCUT2D eigenvalue weighted by Gasteiger charge is -2.27. The van der Waals surface area contributed by atoms with Crippen LogP contribution in [0.4, 0.5) is 0 Å². The monoisotopic (exact) mass is 442 g/mol. The molecule has 0 unspecified atom stereocenters. The van der Waals surface area contributed by atoms with Crippen LogP contribution in [-0.2, 0) is 6.54 Å². The Labute approximate surface area is 193 Å². The molecule has 3 aromatic heterocycles. The van der Waals surface area contributed by atoms with Crippen molar-refractivity contribution in [1.82, 2.24) is 19.8 Å². The van der Waals surface area contributed by atoms with Crippen LogP contribution in [0, 0.1) is 20.8 Å². The number of aryl methyl sites for hydroxylation is 2. The predicted molar refractivity (Wildman–Crippen MR) is 130 cm³/mol. The Kier molecular flexibility index (Phi) is 5.31. The SMILES string of the molecule is Cc1ccc(-n2c(C)cc([C@@H]3[C@H](c4ccccn4)NC(=S)N3Cc3ccco3)c2C)cc1. The van der Waals surface area contributed by atoms with E-state index in [1.54, 1.807) is 6.26 Å². The average Bonchev–Trinajstić information content (AvgIpc) is 3.49. The van der Waals surface area contributed by atoms with Crippen LogP contribution in [0.1, 0.15) is 46.1 Å². The van der Waals surface area contributed by atoms with Gasteiger partial charge in [0, 0.05) is 23.3 Å². The first-order valence-electron chi connectivity index (χ1n) is 10.8. The number of thiocarbonyl (C=S) groups is 1. The molecule has 0 bridgehead atoms. The van der Waals surface area contributed by atoms with Gasteiger partial charge in [-0.25, -0.2) is 0 Å². The molecule has 1 saturated heterocycles. The molecular formula is C26H26N4OS. The Bertz CT molecular complexity index is 1230. The van der Waals surface area contributed by atoms with Crippen molar-refractivity contribution in [2.24, 2.45) is 0 Å². The van der Waals surface area contributed by atoms with Crippen LogP contribution in [-0.4, -0.2) is 19.6 Å². The van der Waals surface area contributed by atoms with Gasteiger partial charge in [-0.05, 0) is 81.0 Å². The van der Waals surface area contributed by atoms with Crippen LogP contribution in [0.25, 0.3) is 5.69 Å². The van der Waals surface area contributed by atoms with Gasteiger partial charge in [0.15, 0.2) is 5.11 Å². The van der Waals surface area contributed by atoms with Crippen molar-refractivity contribution >= 4 is 17.3 Å². The van der Waals surface area contributed by atoms with Crippen LogP contribution in [0.15, 0.2) is 77.5 Å². The van der Waals surface area contributed by atoms with Gasteiger partial charge >= 0.3 is 0 Å². The molecule has 1 N–H and O–H groups in total. The second-order valence-electron chi connectivity index (χ2n) is 8.33. The maximum atomic E-state index is 5.80. The fourth-order valence-corrected chi connectivity index (χ4v) is 4.97. The highest BCUT2D eigenvalue weighted by Crippen LogP contribution is 2.42. The van der Waals surface area contributed by atoms with E-state index >= 15 is 0 Å². The van der Waals surface area contributed by atoms with Gasteiger partial charge in [0.2, 0.25) is 0 Å². The Morgan fingerprint density at radius 3 is 2.53 bits per heavy atom. The van der Waals surface area contributed by atoms with Gasteiger partial charge in [-0.1, -0.05) is 23.8 Å². The molecule has 1 fully saturated rings. The molecule has 0 spiro atoms. The summed E-state index contributed by atoms with van der Waals surface area (Å²) in [6.45, 7) is 7.05. The summed E-state index contributed by atoms with van der Waals surface area (Å²) in [6, 6.07) is 20.8. The first-order valence-corrected chi connectivity index (χ1v) is 11.2. The van der Waals surface area contributed by atoms with E-state index in [1.807, 2.05) is 30.5 Å². The maximum Gasteiger partial charge on any atom is 0.170 e. The van der Waals surface area contributed by atoms with Gasteiger partial charge in [0.25, 0.3) is 0 Å². The van der Waals surface area contributed by atoms with E-state index in [0.717, 1.165) is 17.1 Å². The van der Waals surface area contributed by atoms with Crippen molar-refractivity contribution in [1.29, 1.82) is 0 Å². The van der Waals surface area contributed by atoms with E-state index in [2.05, 4.69) is 76.9 Å². The molecule has 2 atom stereocenters. The summed E-state index contributed by atoms with van der Waals surface area (Å²) in [5.41, 5.74) is 7.02. The van der Waals surface area contributed by atoms with Gasteiger partial charge in [-0.15, -0.1) is 0 Å². The topological polar surface area (TPSA) is 46.2 Å². The zero-order valence-electron chi connectivity index (χ0n) is 18.4. The molecule has 4 heterocycles. The van der Waals surface area contributed by atoms with Crippen molar-refractivity contribution in [2.75, 3.05) is 0 Å². The van der Waals surface area contributed by atoms with E-state index in [0.29, 0.717) is 11.7 Å². The molecule has 0 radical (unpaired) electrons. The van der Waals surface area contributed by atoms with E-state index in [-0.39, 0.29) is 12.1 Å². The number of hydrogen-bond donors (Lipinski definition) is 1. The smallest absolute Gasteiger partial charge is 0.170 e. The van der Waals surface area contributed by atoms with Crippen molar-refractivity contribution < 1.29 is 4.42 Å². The van der Waals surface area contributed by atoms with Crippen LogP contribution >= 0.6 is 12.2 Å². The highest BCUT2D eigenvalue weighted by molar-refractivity contribution is 7.80. The summed E-state index contributed by atoms with van der Waals surface area (Å²) in [4.78, 5) is 6.87. The second kappa shape index (κ2) is 8.28. The molecule has 0 amide bonds. The Morgan fingerprint density at radius 1 is 1.03 bits per heavy atom. The second-order valence-corrected chi connectivity index (χ2v) is 8.72. The number of hydrogen-bond acceptors (Lipinski definition) is 3. The molecule has 0 aliphatic carbocycles. The summed E-state index contributed by atoms with van der Waals surface area (Å²) in [7, 11) is 0. The van der Waals surface area contributed by atoms with Gasteiger partial charge in [-0.3, -0.25) is 4.98 Å². The summed E-state index contributed by atoms with van der Waals surface area (Å²) < 4.78 is 7.97. The van der Waals surface area contributed by atoms with E-state index in [9.17, 15) is 0 Å². The van der Waals surface area contributed by atoms with Crippen molar-refractivity contribution in [3.8, 4) is 5.69 Å². The van der Waals surface area contributed by atoms with Crippen LogP contribution in [0.5, 0.6) is 0 Å². The fraction of sp³-hybridized carbons (Fsp3) is 0.231. The summed E-state index contributed by atoms with van der Waals surface area (Å²) in [5, 5.41) is 4.24. The molecule has 0 saturated carbocycles. The van der Waals surface area contributed by atoms with E-state index < -0.39 is 0 Å². The number of pyridine rings is 1. The third-order valence-corrected chi connectivity index (χ3v) is 6.54. The van der Waals surface area contributed by atoms with E-state index in [4.69, 9.17) is 16.6 Å². The first-order chi connectivity index (χ1) is 15.5. The lowest BCUT2D eigenvalue weighted by atomic mass is 9.96. The van der Waals surface area contributed by atoms with Crippen molar-refractivity contribution in [3.05, 3.63) is 107 Å². The summed E-state index contributed by atoms with van der Waals surface area (Å²) in [5.74, 6) is 0.883. The molecule has 1 aliphatic heterocycles. The number of rotatable bonds is 5. The fourth-order valence-electron chi connectivity index (χ4n) is 4.66. The minimum Gasteiger partial charge on any atom is -0.467 e. The predicted octanol–water partition coefficient (Wildman–Crippen LogP) is 5.56. The standard InChI is InChI=1S/C26H26N4OS/c1-17-9-11-20(12-10-17)30-18(2)15-22(19(30)3)25-24(23-8-4-5-13-27-23)28-26(32)29(25)16-21-7-6-14-31-21/h4-15,24-25H,16H2,1-3H3,(H,28,32)/t24-,25+/m0/s1. The number of nitrogens with zero attached hydrogens (tertiary/aromatic N) is 3. The summed E-state index contributed by atoms with van der Waals surface area (Å²) in [6.07, 6.45) is 3.54. The number of aromatic nitrogens is 2. The lowest BCUT2D eigenvalue weighted by Crippen LogP contribution is -2.29. The molecule has 1 aromatic carbocycles. The third-order valence-electron chi connectivity index (χ3n) is 6.19. The minimum atomic E-state index is -0.0503. The largest absolute Gasteiger partial charge is 0.467 e. The zero-order valence-corrected chi connectivity index (χ0v) is 19.3. The number of nitrogens with one attached hydrogen (secondary N) is 1. The Balaban J connectivity index is 1.62. The molecule has 162 valence electrons. The van der Waals surface area contributed by atoms with Gasteiger partial charge in [-0.2, -0.15) is 0 Å². The number of benzene rings is 1. The molecular weight excluding hydrogens is 416 g/mol. The first kappa shape index (κ1) is 20.5. The maximum absolute atomic E-state index is 5.80. The zero-order chi connectivity index (χ0) is 22.2. The van der Waals surface area contributed by atoms with Crippen LogP contribution in [0.2, 0.25) is 0 Å².